The molecule has 1 heterocycles. The summed E-state index contributed by atoms with van der Waals surface area (Å²) in [7, 11) is 1.43. The molecule has 0 saturated heterocycles. The van der Waals surface area contributed by atoms with Crippen molar-refractivity contribution in [3.8, 4) is 0 Å². The average molecular weight is 197 g/mol. The Hall–Kier alpha value is -0.830. The topological polar surface area (TPSA) is 38.3 Å². The molecular weight excluding hydrogens is 178 g/mol. The van der Waals surface area contributed by atoms with Crippen molar-refractivity contribution in [2.45, 2.75) is 32.7 Å². The van der Waals surface area contributed by atoms with E-state index in [1.165, 1.54) is 7.11 Å². The molecule has 1 atom stereocenters. The molecule has 0 amide bonds. The number of methoxy groups -OCH3 is 1. The van der Waals surface area contributed by atoms with E-state index in [0.29, 0.717) is 12.0 Å². The van der Waals surface area contributed by atoms with Gasteiger partial charge in [0.15, 0.2) is 0 Å². The smallest absolute Gasteiger partial charge is 0.333 e. The molecule has 0 bridgehead atoms. The molecule has 14 heavy (non-hydrogen) atoms. The van der Waals surface area contributed by atoms with Gasteiger partial charge in [0.2, 0.25) is 0 Å². The predicted octanol–water partition coefficient (Wildman–Crippen LogP) is 1.49. The molecular formula is C11H19NO2. The molecule has 3 heteroatoms. The number of carbonyl (C=O) groups is 1. The van der Waals surface area contributed by atoms with Gasteiger partial charge in [0.1, 0.15) is 0 Å². The minimum Gasteiger partial charge on any atom is -0.466 e. The fourth-order valence-corrected chi connectivity index (χ4v) is 1.74. The van der Waals surface area contributed by atoms with Crippen molar-refractivity contribution in [1.29, 1.82) is 0 Å². The second kappa shape index (κ2) is 5.15. The van der Waals surface area contributed by atoms with Crippen LogP contribution in [-0.2, 0) is 9.53 Å². The van der Waals surface area contributed by atoms with E-state index in [-0.39, 0.29) is 5.97 Å². The molecule has 3 nitrogen and oxygen atoms in total. The van der Waals surface area contributed by atoms with E-state index >= 15 is 0 Å². The molecule has 0 aromatic carbocycles. The maximum atomic E-state index is 11.3. The molecule has 1 unspecified atom stereocenters. The van der Waals surface area contributed by atoms with Crippen LogP contribution in [0.3, 0.4) is 0 Å². The van der Waals surface area contributed by atoms with Crippen molar-refractivity contribution < 1.29 is 9.53 Å². The number of carbonyl (C=O) groups excluding carboxylic acids is 1. The zero-order valence-electron chi connectivity index (χ0n) is 9.17. The van der Waals surface area contributed by atoms with E-state index in [4.69, 9.17) is 4.74 Å². The molecule has 80 valence electrons. The van der Waals surface area contributed by atoms with Crippen molar-refractivity contribution in [3.63, 3.8) is 0 Å². The van der Waals surface area contributed by atoms with Crippen LogP contribution >= 0.6 is 0 Å². The van der Waals surface area contributed by atoms with E-state index in [1.54, 1.807) is 0 Å². The van der Waals surface area contributed by atoms with Gasteiger partial charge in [0.05, 0.1) is 7.11 Å². The summed E-state index contributed by atoms with van der Waals surface area (Å²) in [5, 5.41) is 3.38. The molecule has 0 aliphatic carbocycles. The van der Waals surface area contributed by atoms with Gasteiger partial charge in [-0.15, -0.1) is 0 Å². The lowest BCUT2D eigenvalue weighted by molar-refractivity contribution is -0.136. The second-order valence-corrected chi connectivity index (χ2v) is 4.12. The first-order valence-electron chi connectivity index (χ1n) is 5.16. The van der Waals surface area contributed by atoms with Crippen molar-refractivity contribution in [3.05, 3.63) is 11.6 Å². The summed E-state index contributed by atoms with van der Waals surface area (Å²) < 4.78 is 4.71. The first-order valence-corrected chi connectivity index (χ1v) is 5.16. The van der Waals surface area contributed by atoms with E-state index in [2.05, 4.69) is 19.2 Å². The monoisotopic (exact) mass is 197 g/mol. The molecule has 0 aromatic heterocycles. The van der Waals surface area contributed by atoms with E-state index < -0.39 is 0 Å². The number of rotatable bonds is 3. The Kier molecular flexibility index (Phi) is 4.14. The Labute approximate surface area is 85.5 Å². The van der Waals surface area contributed by atoms with Gasteiger partial charge in [-0.3, -0.25) is 0 Å². The Morgan fingerprint density at radius 2 is 2.43 bits per heavy atom. The third-order valence-corrected chi connectivity index (χ3v) is 2.38. The molecule has 1 rings (SSSR count). The van der Waals surface area contributed by atoms with Gasteiger partial charge in [0.25, 0.3) is 0 Å². The number of esters is 1. The van der Waals surface area contributed by atoms with Crippen LogP contribution < -0.4 is 5.32 Å². The van der Waals surface area contributed by atoms with Crippen LogP contribution in [0, 0.1) is 5.92 Å². The predicted molar refractivity (Wildman–Crippen MR) is 56.0 cm³/mol. The van der Waals surface area contributed by atoms with Crippen molar-refractivity contribution in [2.75, 3.05) is 13.7 Å². The van der Waals surface area contributed by atoms with Crippen molar-refractivity contribution in [2.24, 2.45) is 5.92 Å². The summed E-state index contributed by atoms with van der Waals surface area (Å²) in [6.45, 7) is 5.24. The maximum absolute atomic E-state index is 11.3. The molecule has 0 spiro atoms. The minimum atomic E-state index is -0.180. The van der Waals surface area contributed by atoms with Gasteiger partial charge in [-0.2, -0.15) is 0 Å². The van der Waals surface area contributed by atoms with Gasteiger partial charge in [0, 0.05) is 11.6 Å². The van der Waals surface area contributed by atoms with E-state index in [0.717, 1.165) is 25.0 Å². The average Bonchev–Trinajstić information content (AvgIpc) is 2.16. The van der Waals surface area contributed by atoms with Crippen LogP contribution in [-0.4, -0.2) is 25.7 Å². The van der Waals surface area contributed by atoms with Crippen LogP contribution in [0.15, 0.2) is 11.6 Å². The normalized spacial score (nSPS) is 22.0. The zero-order chi connectivity index (χ0) is 10.6. The number of hydrogen-bond acceptors (Lipinski definition) is 3. The summed E-state index contributed by atoms with van der Waals surface area (Å²) in [5.74, 6) is 0.459. The highest BCUT2D eigenvalue weighted by Crippen LogP contribution is 2.15. The molecule has 1 N–H and O–H groups in total. The van der Waals surface area contributed by atoms with Crippen molar-refractivity contribution in [1.82, 2.24) is 5.32 Å². The van der Waals surface area contributed by atoms with Gasteiger partial charge in [-0.1, -0.05) is 19.9 Å². The summed E-state index contributed by atoms with van der Waals surface area (Å²) in [6.07, 6.45) is 3.86. The summed E-state index contributed by atoms with van der Waals surface area (Å²) >= 11 is 0. The van der Waals surface area contributed by atoms with Crippen molar-refractivity contribution >= 4 is 5.97 Å². The third-order valence-electron chi connectivity index (χ3n) is 2.38. The number of ether oxygens (including phenoxy) is 1. The van der Waals surface area contributed by atoms with Crippen LogP contribution in [0.1, 0.15) is 26.7 Å². The molecule has 0 aromatic rings. The Balaban J connectivity index is 2.59. The SMILES string of the molecule is COC(=O)C1=CC(CC(C)C)NCC1. The van der Waals surface area contributed by atoms with Crippen LogP contribution in [0.25, 0.3) is 0 Å². The van der Waals surface area contributed by atoms with Gasteiger partial charge in [-0.25, -0.2) is 4.79 Å². The van der Waals surface area contributed by atoms with Crippen LogP contribution in [0.2, 0.25) is 0 Å². The largest absolute Gasteiger partial charge is 0.466 e. The molecule has 0 radical (unpaired) electrons. The highest BCUT2D eigenvalue weighted by Gasteiger charge is 2.18. The molecule has 0 saturated carbocycles. The lowest BCUT2D eigenvalue weighted by atomic mass is 9.97. The Bertz CT molecular complexity index is 233. The minimum absolute atomic E-state index is 0.180. The first kappa shape index (κ1) is 11.2. The van der Waals surface area contributed by atoms with Gasteiger partial charge in [-0.05, 0) is 25.3 Å². The maximum Gasteiger partial charge on any atom is 0.333 e. The lowest BCUT2D eigenvalue weighted by Gasteiger charge is -2.23. The highest BCUT2D eigenvalue weighted by molar-refractivity contribution is 5.88. The molecule has 1 aliphatic rings. The third kappa shape index (κ3) is 3.14. The van der Waals surface area contributed by atoms with Gasteiger partial charge < -0.3 is 10.1 Å². The Morgan fingerprint density at radius 1 is 1.71 bits per heavy atom. The molecule has 1 aliphatic heterocycles. The number of hydrogen-bond donors (Lipinski definition) is 1. The van der Waals surface area contributed by atoms with Crippen LogP contribution in [0.4, 0.5) is 0 Å². The summed E-state index contributed by atoms with van der Waals surface area (Å²) in [6, 6.07) is 0.331. The van der Waals surface area contributed by atoms with E-state index in [9.17, 15) is 4.79 Å². The summed E-state index contributed by atoms with van der Waals surface area (Å²) in [5.41, 5.74) is 0.817. The first-order chi connectivity index (χ1) is 6.63. The standard InChI is InChI=1S/C11H19NO2/c1-8(2)6-10-7-9(4-5-12-10)11(13)14-3/h7-8,10,12H,4-6H2,1-3H3. The number of nitrogens with one attached hydrogen (secondary N) is 1. The fraction of sp³-hybridized carbons (Fsp3) is 0.727. The quantitative estimate of drug-likeness (QED) is 0.697. The highest BCUT2D eigenvalue weighted by atomic mass is 16.5. The van der Waals surface area contributed by atoms with Crippen LogP contribution in [0.5, 0.6) is 0 Å². The zero-order valence-corrected chi connectivity index (χ0v) is 9.17. The fourth-order valence-electron chi connectivity index (χ4n) is 1.74. The second-order valence-electron chi connectivity index (χ2n) is 4.12. The van der Waals surface area contributed by atoms with E-state index in [1.807, 2.05) is 6.08 Å². The summed E-state index contributed by atoms with van der Waals surface area (Å²) in [4.78, 5) is 11.3. The molecule has 0 fully saturated rings. The van der Waals surface area contributed by atoms with Gasteiger partial charge >= 0.3 is 5.97 Å². The Morgan fingerprint density at radius 3 is 3.00 bits per heavy atom. The lowest BCUT2D eigenvalue weighted by Crippen LogP contribution is -2.34.